The number of rotatable bonds is 5. The zero-order chi connectivity index (χ0) is 17.7. The van der Waals surface area contributed by atoms with Crippen LogP contribution in [0, 0.1) is 13.8 Å². The molecule has 0 radical (unpaired) electrons. The predicted molar refractivity (Wildman–Crippen MR) is 95.4 cm³/mol. The summed E-state index contributed by atoms with van der Waals surface area (Å²) in [6, 6.07) is 12.9. The Bertz CT molecular complexity index is 733. The molecule has 0 atom stereocenters. The van der Waals surface area contributed by atoms with E-state index < -0.39 is 5.97 Å². The van der Waals surface area contributed by atoms with Crippen molar-refractivity contribution in [3.05, 3.63) is 64.7 Å². The molecule has 2 aromatic rings. The number of hydrogen-bond donors (Lipinski definition) is 1. The summed E-state index contributed by atoms with van der Waals surface area (Å²) >= 11 is 0. The van der Waals surface area contributed by atoms with Crippen molar-refractivity contribution in [2.24, 2.45) is 0 Å². The Balaban J connectivity index is 1.99. The average Bonchev–Trinajstić information content (AvgIpc) is 2.55. The molecule has 0 saturated heterocycles. The summed E-state index contributed by atoms with van der Waals surface area (Å²) in [6.45, 7) is 7.72. The number of aryl methyl sites for hydroxylation is 2. The van der Waals surface area contributed by atoms with Gasteiger partial charge in [-0.1, -0.05) is 49.7 Å². The van der Waals surface area contributed by atoms with Crippen molar-refractivity contribution in [1.29, 1.82) is 0 Å². The van der Waals surface area contributed by atoms with E-state index in [-0.39, 0.29) is 18.4 Å². The first-order valence-electron chi connectivity index (χ1n) is 8.01. The predicted octanol–water partition coefficient (Wildman–Crippen LogP) is 4.22. The maximum absolute atomic E-state index is 12.1. The van der Waals surface area contributed by atoms with Crippen LogP contribution in [0.5, 0.6) is 0 Å². The van der Waals surface area contributed by atoms with E-state index in [1.54, 1.807) is 12.1 Å². The summed E-state index contributed by atoms with van der Waals surface area (Å²) in [4.78, 5) is 24.1. The van der Waals surface area contributed by atoms with Gasteiger partial charge in [0.15, 0.2) is 6.61 Å². The molecule has 2 rings (SSSR count). The minimum Gasteiger partial charge on any atom is -0.452 e. The minimum atomic E-state index is -0.501. The summed E-state index contributed by atoms with van der Waals surface area (Å²) in [5.41, 5.74) is 4.34. The topological polar surface area (TPSA) is 55.4 Å². The van der Waals surface area contributed by atoms with Crippen LogP contribution in [-0.4, -0.2) is 18.5 Å². The zero-order valence-electron chi connectivity index (χ0n) is 14.6. The van der Waals surface area contributed by atoms with Crippen molar-refractivity contribution in [3.8, 4) is 0 Å². The van der Waals surface area contributed by atoms with Crippen molar-refractivity contribution in [1.82, 2.24) is 0 Å². The van der Waals surface area contributed by atoms with Crippen molar-refractivity contribution < 1.29 is 14.3 Å². The number of hydrogen-bond acceptors (Lipinski definition) is 3. The second-order valence-electron chi connectivity index (χ2n) is 6.18. The van der Waals surface area contributed by atoms with Crippen LogP contribution in [0.3, 0.4) is 0 Å². The summed E-state index contributed by atoms with van der Waals surface area (Å²) < 4.78 is 5.09. The molecule has 4 heteroatoms. The number of carbonyl (C=O) groups excluding carboxylic acids is 2. The van der Waals surface area contributed by atoms with E-state index in [4.69, 9.17) is 4.74 Å². The number of para-hydroxylation sites is 1. The van der Waals surface area contributed by atoms with Crippen LogP contribution in [-0.2, 0) is 9.53 Å². The lowest BCUT2D eigenvalue weighted by atomic mass is 9.98. The number of benzene rings is 2. The third-order valence-corrected chi connectivity index (χ3v) is 3.81. The van der Waals surface area contributed by atoms with Crippen molar-refractivity contribution >= 4 is 17.6 Å². The van der Waals surface area contributed by atoms with Crippen molar-refractivity contribution in [2.75, 3.05) is 11.9 Å². The van der Waals surface area contributed by atoms with Gasteiger partial charge in [0.05, 0.1) is 5.56 Å². The highest BCUT2D eigenvalue weighted by Gasteiger charge is 2.14. The van der Waals surface area contributed by atoms with E-state index in [9.17, 15) is 9.59 Å². The standard InChI is InChI=1S/C20H23NO3/c1-13(2)17-7-5-6-15(4)19(17)21-18(22)12-24-20(23)16-10-8-14(3)9-11-16/h5-11,13H,12H2,1-4H3,(H,21,22). The molecule has 0 aromatic heterocycles. The molecular weight excluding hydrogens is 302 g/mol. The van der Waals surface area contributed by atoms with Gasteiger partial charge in [0.1, 0.15) is 0 Å². The monoisotopic (exact) mass is 325 g/mol. The Hall–Kier alpha value is -2.62. The molecule has 0 saturated carbocycles. The molecule has 2 aromatic carbocycles. The zero-order valence-corrected chi connectivity index (χ0v) is 14.6. The van der Waals surface area contributed by atoms with Crippen LogP contribution in [0.2, 0.25) is 0 Å². The molecule has 126 valence electrons. The smallest absolute Gasteiger partial charge is 0.338 e. The third-order valence-electron chi connectivity index (χ3n) is 3.81. The molecule has 24 heavy (non-hydrogen) atoms. The molecule has 0 fully saturated rings. The van der Waals surface area contributed by atoms with Gasteiger partial charge in [-0.05, 0) is 43.0 Å². The van der Waals surface area contributed by atoms with Gasteiger partial charge in [0.25, 0.3) is 5.91 Å². The molecule has 0 aliphatic carbocycles. The average molecular weight is 325 g/mol. The summed E-state index contributed by atoms with van der Waals surface area (Å²) in [5, 5.41) is 2.86. The summed E-state index contributed by atoms with van der Waals surface area (Å²) in [5.74, 6) is -0.555. The first kappa shape index (κ1) is 17.7. The Kier molecular flexibility index (Phi) is 5.74. The van der Waals surface area contributed by atoms with Gasteiger partial charge in [0.2, 0.25) is 0 Å². The largest absolute Gasteiger partial charge is 0.452 e. The Morgan fingerprint density at radius 3 is 2.33 bits per heavy atom. The Labute approximate surface area is 142 Å². The molecule has 0 bridgehead atoms. The molecule has 4 nitrogen and oxygen atoms in total. The second kappa shape index (κ2) is 7.77. The maximum atomic E-state index is 12.1. The Morgan fingerprint density at radius 2 is 1.71 bits per heavy atom. The number of anilines is 1. The van der Waals surface area contributed by atoms with Crippen LogP contribution in [0.4, 0.5) is 5.69 Å². The van der Waals surface area contributed by atoms with Crippen LogP contribution in [0.15, 0.2) is 42.5 Å². The molecule has 0 spiro atoms. The fourth-order valence-corrected chi connectivity index (χ4v) is 2.42. The summed E-state index contributed by atoms with van der Waals surface area (Å²) in [6.07, 6.45) is 0. The Morgan fingerprint density at radius 1 is 1.04 bits per heavy atom. The van der Waals surface area contributed by atoms with Gasteiger partial charge in [0, 0.05) is 5.69 Å². The quantitative estimate of drug-likeness (QED) is 0.837. The van der Waals surface area contributed by atoms with Crippen LogP contribution < -0.4 is 5.32 Å². The normalized spacial score (nSPS) is 10.5. The molecular formula is C20H23NO3. The van der Waals surface area contributed by atoms with E-state index in [0.717, 1.165) is 22.4 Å². The van der Waals surface area contributed by atoms with Crippen LogP contribution in [0.1, 0.15) is 46.8 Å². The lowest BCUT2D eigenvalue weighted by Crippen LogP contribution is -2.22. The van der Waals surface area contributed by atoms with Gasteiger partial charge in [-0.15, -0.1) is 0 Å². The lowest BCUT2D eigenvalue weighted by molar-refractivity contribution is -0.119. The molecule has 0 unspecified atom stereocenters. The molecule has 0 aliphatic rings. The number of ether oxygens (including phenoxy) is 1. The lowest BCUT2D eigenvalue weighted by Gasteiger charge is -2.16. The molecule has 0 aliphatic heterocycles. The highest BCUT2D eigenvalue weighted by molar-refractivity contribution is 5.96. The van der Waals surface area contributed by atoms with E-state index >= 15 is 0 Å². The van der Waals surface area contributed by atoms with E-state index in [1.165, 1.54) is 0 Å². The molecule has 1 N–H and O–H groups in total. The van der Waals surface area contributed by atoms with Crippen LogP contribution >= 0.6 is 0 Å². The first-order chi connectivity index (χ1) is 11.4. The van der Waals surface area contributed by atoms with Crippen molar-refractivity contribution in [3.63, 3.8) is 0 Å². The fraction of sp³-hybridized carbons (Fsp3) is 0.300. The van der Waals surface area contributed by atoms with Gasteiger partial charge in [-0.25, -0.2) is 4.79 Å². The van der Waals surface area contributed by atoms with E-state index in [1.807, 2.05) is 44.2 Å². The SMILES string of the molecule is Cc1ccc(C(=O)OCC(=O)Nc2c(C)cccc2C(C)C)cc1. The number of esters is 1. The number of carbonyl (C=O) groups is 2. The van der Waals surface area contributed by atoms with Crippen molar-refractivity contribution in [2.45, 2.75) is 33.6 Å². The van der Waals surface area contributed by atoms with E-state index in [0.29, 0.717) is 5.56 Å². The third kappa shape index (κ3) is 4.44. The van der Waals surface area contributed by atoms with Gasteiger partial charge in [-0.2, -0.15) is 0 Å². The van der Waals surface area contributed by atoms with Crippen LogP contribution in [0.25, 0.3) is 0 Å². The highest BCUT2D eigenvalue weighted by atomic mass is 16.5. The molecule has 1 amide bonds. The minimum absolute atomic E-state index is 0.287. The summed E-state index contributed by atoms with van der Waals surface area (Å²) in [7, 11) is 0. The van der Waals surface area contributed by atoms with Gasteiger partial charge in [-0.3, -0.25) is 4.79 Å². The second-order valence-corrected chi connectivity index (χ2v) is 6.18. The highest BCUT2D eigenvalue weighted by Crippen LogP contribution is 2.27. The van der Waals surface area contributed by atoms with Gasteiger partial charge >= 0.3 is 5.97 Å². The molecule has 0 heterocycles. The number of amides is 1. The van der Waals surface area contributed by atoms with Gasteiger partial charge < -0.3 is 10.1 Å². The number of nitrogens with one attached hydrogen (secondary N) is 1. The maximum Gasteiger partial charge on any atom is 0.338 e. The first-order valence-corrected chi connectivity index (χ1v) is 8.01. The van der Waals surface area contributed by atoms with E-state index in [2.05, 4.69) is 19.2 Å². The fourth-order valence-electron chi connectivity index (χ4n) is 2.42.